The fourth-order valence-corrected chi connectivity index (χ4v) is 1.71. The van der Waals surface area contributed by atoms with Crippen LogP contribution in [0.4, 0.5) is 13.2 Å². The van der Waals surface area contributed by atoms with Crippen LogP contribution in [0.25, 0.3) is 0 Å². The first kappa shape index (κ1) is 14.3. The third-order valence-corrected chi connectivity index (χ3v) is 2.66. The molecule has 7 heteroatoms. The van der Waals surface area contributed by atoms with Crippen molar-refractivity contribution in [2.45, 2.75) is 6.18 Å². The van der Waals surface area contributed by atoms with Crippen LogP contribution in [0, 0.1) is 0 Å². The van der Waals surface area contributed by atoms with Crippen LogP contribution in [0.2, 0.25) is 0 Å². The molecule has 0 aliphatic rings. The largest absolute Gasteiger partial charge is 0.438 e. The van der Waals surface area contributed by atoms with E-state index in [-0.39, 0.29) is 22.2 Å². The molecule has 0 aliphatic carbocycles. The summed E-state index contributed by atoms with van der Waals surface area (Å²) in [6.45, 7) is 0. The van der Waals surface area contributed by atoms with Crippen molar-refractivity contribution in [3.8, 4) is 11.6 Å². The van der Waals surface area contributed by atoms with Gasteiger partial charge in [-0.3, -0.25) is 0 Å². The first-order valence-corrected chi connectivity index (χ1v) is 5.89. The Balaban J connectivity index is 2.44. The van der Waals surface area contributed by atoms with Crippen molar-refractivity contribution in [3.05, 3.63) is 53.7 Å². The molecule has 0 saturated heterocycles. The number of benzene rings is 1. The van der Waals surface area contributed by atoms with Gasteiger partial charge < -0.3 is 10.5 Å². The zero-order valence-electron chi connectivity index (χ0n) is 10.0. The highest BCUT2D eigenvalue weighted by Crippen LogP contribution is 2.37. The maximum atomic E-state index is 12.9. The van der Waals surface area contributed by atoms with E-state index in [0.717, 1.165) is 6.07 Å². The Kier molecular flexibility index (Phi) is 3.89. The summed E-state index contributed by atoms with van der Waals surface area (Å²) in [4.78, 5) is 3.86. The minimum Gasteiger partial charge on any atom is -0.438 e. The molecule has 1 heterocycles. The number of alkyl halides is 3. The van der Waals surface area contributed by atoms with Gasteiger partial charge >= 0.3 is 6.18 Å². The van der Waals surface area contributed by atoms with Gasteiger partial charge in [-0.25, -0.2) is 4.98 Å². The molecule has 1 aromatic heterocycles. The fraction of sp³-hybridized carbons (Fsp3) is 0.0769. The summed E-state index contributed by atoms with van der Waals surface area (Å²) < 4.78 is 43.8. The van der Waals surface area contributed by atoms with Gasteiger partial charge in [0.25, 0.3) is 0 Å². The summed E-state index contributed by atoms with van der Waals surface area (Å²) in [6, 6.07) is 7.95. The number of hydrogen-bond acceptors (Lipinski definition) is 3. The maximum absolute atomic E-state index is 12.9. The number of nitrogens with two attached hydrogens (primary N) is 1. The van der Waals surface area contributed by atoms with E-state index < -0.39 is 11.7 Å². The molecule has 3 nitrogen and oxygen atoms in total. The van der Waals surface area contributed by atoms with E-state index >= 15 is 0 Å². The number of rotatable bonds is 3. The first-order chi connectivity index (χ1) is 9.39. The van der Waals surface area contributed by atoms with Crippen molar-refractivity contribution in [1.82, 2.24) is 4.98 Å². The van der Waals surface area contributed by atoms with E-state index in [2.05, 4.69) is 4.98 Å². The Morgan fingerprint density at radius 1 is 1.15 bits per heavy atom. The molecule has 104 valence electrons. The number of aromatic nitrogens is 1. The molecule has 2 aromatic rings. The lowest BCUT2D eigenvalue weighted by molar-refractivity contribution is -0.138. The molecule has 0 bridgehead atoms. The maximum Gasteiger partial charge on any atom is 0.419 e. The van der Waals surface area contributed by atoms with Crippen LogP contribution in [-0.4, -0.2) is 9.97 Å². The molecule has 0 spiro atoms. The SMILES string of the molecule is NC(=S)c1cccnc1Oc1ccccc1C(F)(F)F. The number of hydrogen-bond donors (Lipinski definition) is 1. The minimum absolute atomic E-state index is 0.00223. The second-order valence-corrected chi connectivity index (χ2v) is 4.26. The van der Waals surface area contributed by atoms with Crippen LogP contribution < -0.4 is 10.5 Å². The average Bonchev–Trinajstić information content (AvgIpc) is 2.38. The summed E-state index contributed by atoms with van der Waals surface area (Å²) in [7, 11) is 0. The topological polar surface area (TPSA) is 48.1 Å². The van der Waals surface area contributed by atoms with Gasteiger partial charge in [0.1, 0.15) is 10.7 Å². The molecule has 2 rings (SSSR count). The van der Waals surface area contributed by atoms with E-state index in [1.54, 1.807) is 6.07 Å². The van der Waals surface area contributed by atoms with Crippen LogP contribution in [-0.2, 0) is 6.18 Å². The van der Waals surface area contributed by atoms with Crippen molar-refractivity contribution in [3.63, 3.8) is 0 Å². The Hall–Kier alpha value is -2.15. The molecule has 0 atom stereocenters. The highest BCUT2D eigenvalue weighted by atomic mass is 32.1. The monoisotopic (exact) mass is 298 g/mol. The van der Waals surface area contributed by atoms with Crippen LogP contribution in [0.3, 0.4) is 0 Å². The van der Waals surface area contributed by atoms with E-state index in [4.69, 9.17) is 22.7 Å². The van der Waals surface area contributed by atoms with Crippen LogP contribution in [0.5, 0.6) is 11.6 Å². The molecule has 0 unspecified atom stereocenters. The van der Waals surface area contributed by atoms with E-state index in [0.29, 0.717) is 0 Å². The number of thiocarbonyl (C=S) groups is 1. The quantitative estimate of drug-likeness (QED) is 0.881. The van der Waals surface area contributed by atoms with Gasteiger partial charge in [-0.05, 0) is 24.3 Å². The number of halogens is 3. The molecule has 0 amide bonds. The molecule has 0 radical (unpaired) electrons. The van der Waals surface area contributed by atoms with Gasteiger partial charge in [-0.15, -0.1) is 0 Å². The highest BCUT2D eigenvalue weighted by Gasteiger charge is 2.34. The van der Waals surface area contributed by atoms with Gasteiger partial charge in [-0.1, -0.05) is 24.4 Å². The summed E-state index contributed by atoms with van der Waals surface area (Å²) in [5.74, 6) is -0.409. The molecular weight excluding hydrogens is 289 g/mol. The zero-order chi connectivity index (χ0) is 14.8. The van der Waals surface area contributed by atoms with Crippen molar-refractivity contribution in [2.24, 2.45) is 5.73 Å². The van der Waals surface area contributed by atoms with Crippen molar-refractivity contribution >= 4 is 17.2 Å². The molecule has 0 fully saturated rings. The average molecular weight is 298 g/mol. The van der Waals surface area contributed by atoms with Gasteiger partial charge in [-0.2, -0.15) is 13.2 Å². The number of nitrogens with zero attached hydrogens (tertiary/aromatic N) is 1. The predicted octanol–water partition coefficient (Wildman–Crippen LogP) is 3.53. The smallest absolute Gasteiger partial charge is 0.419 e. The molecule has 0 saturated carbocycles. The standard InChI is InChI=1S/C13H9F3N2OS/c14-13(15,16)9-5-1-2-6-10(9)19-12-8(11(17)20)4-3-7-18-12/h1-7H,(H2,17,20). The third-order valence-electron chi connectivity index (χ3n) is 2.44. The summed E-state index contributed by atoms with van der Waals surface area (Å²) in [6.07, 6.45) is -3.14. The Labute approximate surface area is 118 Å². The normalized spacial score (nSPS) is 11.2. The molecule has 1 aromatic carbocycles. The van der Waals surface area contributed by atoms with Crippen molar-refractivity contribution in [2.75, 3.05) is 0 Å². The second-order valence-electron chi connectivity index (χ2n) is 3.82. The third kappa shape index (κ3) is 3.05. The lowest BCUT2D eigenvalue weighted by atomic mass is 10.2. The Bertz CT molecular complexity index is 644. The second kappa shape index (κ2) is 5.46. The van der Waals surface area contributed by atoms with E-state index in [9.17, 15) is 13.2 Å². The molecule has 2 N–H and O–H groups in total. The number of ether oxygens (including phenoxy) is 1. The van der Waals surface area contributed by atoms with Crippen LogP contribution in [0.15, 0.2) is 42.6 Å². The lowest BCUT2D eigenvalue weighted by Crippen LogP contribution is -2.12. The first-order valence-electron chi connectivity index (χ1n) is 5.48. The van der Waals surface area contributed by atoms with Gasteiger partial charge in [0.05, 0.1) is 11.1 Å². The van der Waals surface area contributed by atoms with Crippen LogP contribution >= 0.6 is 12.2 Å². The molecule has 20 heavy (non-hydrogen) atoms. The number of pyridine rings is 1. The minimum atomic E-state index is -4.52. The fourth-order valence-electron chi connectivity index (χ4n) is 1.55. The van der Waals surface area contributed by atoms with Crippen LogP contribution in [0.1, 0.15) is 11.1 Å². The van der Waals surface area contributed by atoms with Gasteiger partial charge in [0, 0.05) is 6.20 Å². The van der Waals surface area contributed by atoms with E-state index in [1.165, 1.54) is 30.5 Å². The molecule has 0 aliphatic heterocycles. The van der Waals surface area contributed by atoms with Crippen molar-refractivity contribution in [1.29, 1.82) is 0 Å². The van der Waals surface area contributed by atoms with Gasteiger partial charge in [0.15, 0.2) is 0 Å². The number of para-hydroxylation sites is 1. The summed E-state index contributed by atoms with van der Waals surface area (Å²) in [5.41, 5.74) is 4.87. The lowest BCUT2D eigenvalue weighted by Gasteiger charge is -2.14. The summed E-state index contributed by atoms with van der Waals surface area (Å²) >= 11 is 4.81. The predicted molar refractivity (Wildman–Crippen MR) is 71.6 cm³/mol. The Morgan fingerprint density at radius 2 is 1.85 bits per heavy atom. The zero-order valence-corrected chi connectivity index (χ0v) is 10.8. The van der Waals surface area contributed by atoms with E-state index in [1.807, 2.05) is 0 Å². The summed E-state index contributed by atoms with van der Waals surface area (Å²) in [5, 5.41) is 0. The van der Waals surface area contributed by atoms with Gasteiger partial charge in [0.2, 0.25) is 5.88 Å². The molecular formula is C13H9F3N2OS. The Morgan fingerprint density at radius 3 is 2.50 bits per heavy atom. The highest BCUT2D eigenvalue weighted by molar-refractivity contribution is 7.80. The van der Waals surface area contributed by atoms with Crippen molar-refractivity contribution < 1.29 is 17.9 Å².